The van der Waals surface area contributed by atoms with Crippen LogP contribution in [0.4, 0.5) is 5.69 Å². The molecule has 0 saturated carbocycles. The molecule has 0 aliphatic carbocycles. The number of para-hydroxylation sites is 1. The average molecular weight is 401 g/mol. The van der Waals surface area contributed by atoms with Gasteiger partial charge in [0, 0.05) is 17.1 Å². The van der Waals surface area contributed by atoms with Crippen LogP contribution in [0.5, 0.6) is 0 Å². The Balaban J connectivity index is 1.62. The molecule has 0 radical (unpaired) electrons. The van der Waals surface area contributed by atoms with Gasteiger partial charge in [0.1, 0.15) is 5.37 Å². The van der Waals surface area contributed by atoms with Crippen molar-refractivity contribution < 1.29 is 4.79 Å². The van der Waals surface area contributed by atoms with Crippen molar-refractivity contribution in [3.8, 4) is 0 Å². The second kappa shape index (κ2) is 7.43. The van der Waals surface area contributed by atoms with Gasteiger partial charge in [-0.3, -0.25) is 9.69 Å². The topological polar surface area (TPSA) is 33.2 Å². The molecule has 1 unspecified atom stereocenters. The Morgan fingerprint density at radius 2 is 1.88 bits per heavy atom. The van der Waals surface area contributed by atoms with Crippen LogP contribution in [0.15, 0.2) is 54.6 Å². The number of nitrogens with zero attached hydrogens (tertiary/aromatic N) is 2. The first-order valence-electron chi connectivity index (χ1n) is 8.31. The van der Waals surface area contributed by atoms with Crippen molar-refractivity contribution in [2.45, 2.75) is 18.7 Å². The number of carbonyl (C=O) groups excluding carboxylic acids is 1. The number of thioether (sulfide) groups is 1. The second-order valence-corrected chi connectivity index (χ2v) is 8.74. The third kappa shape index (κ3) is 3.52. The van der Waals surface area contributed by atoms with Crippen LogP contribution in [-0.2, 0) is 11.2 Å². The van der Waals surface area contributed by atoms with E-state index in [9.17, 15) is 4.79 Å². The van der Waals surface area contributed by atoms with E-state index in [1.54, 1.807) is 23.1 Å². The van der Waals surface area contributed by atoms with Crippen LogP contribution in [0.2, 0.25) is 5.02 Å². The van der Waals surface area contributed by atoms with Gasteiger partial charge in [-0.2, -0.15) is 0 Å². The van der Waals surface area contributed by atoms with Crippen molar-refractivity contribution in [1.82, 2.24) is 4.98 Å². The molecule has 1 aromatic heterocycles. The molecule has 1 aliphatic heterocycles. The van der Waals surface area contributed by atoms with Gasteiger partial charge in [-0.15, -0.1) is 23.1 Å². The van der Waals surface area contributed by atoms with E-state index in [4.69, 9.17) is 16.6 Å². The van der Waals surface area contributed by atoms with Gasteiger partial charge in [-0.1, -0.05) is 41.9 Å². The number of halogens is 1. The van der Waals surface area contributed by atoms with Crippen molar-refractivity contribution >= 4 is 46.3 Å². The third-order valence-electron chi connectivity index (χ3n) is 4.27. The Morgan fingerprint density at radius 3 is 2.62 bits per heavy atom. The summed E-state index contributed by atoms with van der Waals surface area (Å²) in [6.07, 6.45) is 0.777. The van der Waals surface area contributed by atoms with Gasteiger partial charge in [0.05, 0.1) is 21.3 Å². The molecule has 0 spiro atoms. The Morgan fingerprint density at radius 1 is 1.15 bits per heavy atom. The Kier molecular flexibility index (Phi) is 5.02. The van der Waals surface area contributed by atoms with Gasteiger partial charge < -0.3 is 0 Å². The number of carbonyl (C=O) groups is 1. The van der Waals surface area contributed by atoms with Gasteiger partial charge in [0.15, 0.2) is 0 Å². The molecule has 2 heterocycles. The minimum Gasteiger partial charge on any atom is -0.294 e. The lowest BCUT2D eigenvalue weighted by atomic mass is 10.2. The van der Waals surface area contributed by atoms with Crippen LogP contribution in [0.3, 0.4) is 0 Å². The van der Waals surface area contributed by atoms with Gasteiger partial charge in [0.25, 0.3) is 0 Å². The van der Waals surface area contributed by atoms with Crippen molar-refractivity contribution in [3.05, 3.63) is 80.8 Å². The highest BCUT2D eigenvalue weighted by Gasteiger charge is 2.36. The van der Waals surface area contributed by atoms with E-state index in [1.165, 1.54) is 5.56 Å². The summed E-state index contributed by atoms with van der Waals surface area (Å²) in [7, 11) is 0. The minimum atomic E-state index is 0.00127. The lowest BCUT2D eigenvalue weighted by molar-refractivity contribution is -0.115. The number of hydrogen-bond acceptors (Lipinski definition) is 4. The maximum atomic E-state index is 12.5. The molecule has 1 amide bonds. The number of benzene rings is 2. The van der Waals surface area contributed by atoms with Gasteiger partial charge in [0.2, 0.25) is 5.91 Å². The third-order valence-corrected chi connectivity index (χ3v) is 7.06. The molecule has 6 heteroatoms. The van der Waals surface area contributed by atoms with Crippen molar-refractivity contribution in [3.63, 3.8) is 0 Å². The molecule has 0 N–H and O–H groups in total. The first-order chi connectivity index (χ1) is 12.6. The summed E-state index contributed by atoms with van der Waals surface area (Å²) in [5.41, 5.74) is 3.14. The number of anilines is 1. The quantitative estimate of drug-likeness (QED) is 0.581. The fourth-order valence-corrected chi connectivity index (χ4v) is 5.73. The number of hydrogen-bond donors (Lipinski definition) is 0. The molecule has 26 heavy (non-hydrogen) atoms. The lowest BCUT2D eigenvalue weighted by Gasteiger charge is -2.23. The fourth-order valence-electron chi connectivity index (χ4n) is 3.03. The molecule has 3 nitrogen and oxygen atoms in total. The van der Waals surface area contributed by atoms with E-state index in [0.717, 1.165) is 32.7 Å². The number of aryl methyl sites for hydroxylation is 1. The van der Waals surface area contributed by atoms with Crippen LogP contribution >= 0.6 is 34.7 Å². The number of amides is 1. The number of rotatable bonds is 4. The van der Waals surface area contributed by atoms with Crippen LogP contribution in [-0.4, -0.2) is 16.6 Å². The fraction of sp³-hybridized carbons (Fsp3) is 0.200. The van der Waals surface area contributed by atoms with Crippen molar-refractivity contribution in [2.24, 2.45) is 0 Å². The SMILES string of the molecule is Cc1nc(Cc2ccc(Cl)cc2)sc1C1SCC(=O)N1c1ccccc1. The highest BCUT2D eigenvalue weighted by atomic mass is 35.5. The molecule has 1 aliphatic rings. The second-order valence-electron chi connectivity index (χ2n) is 6.12. The van der Waals surface area contributed by atoms with E-state index in [2.05, 4.69) is 0 Å². The van der Waals surface area contributed by atoms with Crippen LogP contribution in [0.1, 0.15) is 26.5 Å². The van der Waals surface area contributed by atoms with E-state index in [1.807, 2.05) is 66.4 Å². The standard InChI is InChI=1S/C20H17ClN2OS2/c1-13-19(26-17(22-13)11-14-7-9-15(21)10-8-14)20-23(18(24)12-25-20)16-5-3-2-4-6-16/h2-10,20H,11-12H2,1H3. The highest BCUT2D eigenvalue weighted by Crippen LogP contribution is 2.45. The summed E-state index contributed by atoms with van der Waals surface area (Å²) in [4.78, 5) is 20.3. The predicted molar refractivity (Wildman–Crippen MR) is 110 cm³/mol. The molecule has 4 rings (SSSR count). The van der Waals surface area contributed by atoms with Gasteiger partial charge in [-0.25, -0.2) is 4.98 Å². The average Bonchev–Trinajstić information content (AvgIpc) is 3.20. The Bertz CT molecular complexity index is 925. The zero-order chi connectivity index (χ0) is 18.1. The largest absolute Gasteiger partial charge is 0.294 e. The summed E-state index contributed by atoms with van der Waals surface area (Å²) in [6.45, 7) is 2.03. The van der Waals surface area contributed by atoms with E-state index >= 15 is 0 Å². The summed E-state index contributed by atoms with van der Waals surface area (Å²) in [5, 5.41) is 1.80. The molecule has 1 fully saturated rings. The molecular formula is C20H17ClN2OS2. The van der Waals surface area contributed by atoms with Crippen LogP contribution in [0, 0.1) is 6.92 Å². The van der Waals surface area contributed by atoms with Crippen molar-refractivity contribution in [2.75, 3.05) is 10.7 Å². The maximum absolute atomic E-state index is 12.5. The molecular weight excluding hydrogens is 384 g/mol. The van der Waals surface area contributed by atoms with E-state index in [-0.39, 0.29) is 11.3 Å². The van der Waals surface area contributed by atoms with E-state index < -0.39 is 0 Å². The first-order valence-corrected chi connectivity index (χ1v) is 10.6. The molecule has 1 saturated heterocycles. The first kappa shape index (κ1) is 17.6. The van der Waals surface area contributed by atoms with Gasteiger partial charge in [-0.05, 0) is 36.8 Å². The molecule has 3 aromatic rings. The van der Waals surface area contributed by atoms with E-state index in [0.29, 0.717) is 5.75 Å². The maximum Gasteiger partial charge on any atom is 0.238 e. The van der Waals surface area contributed by atoms with Gasteiger partial charge >= 0.3 is 0 Å². The zero-order valence-corrected chi connectivity index (χ0v) is 16.6. The normalized spacial score (nSPS) is 17.1. The minimum absolute atomic E-state index is 0.00127. The molecule has 0 bridgehead atoms. The monoisotopic (exact) mass is 400 g/mol. The zero-order valence-electron chi connectivity index (χ0n) is 14.2. The summed E-state index contributed by atoms with van der Waals surface area (Å²) >= 11 is 9.33. The predicted octanol–water partition coefficient (Wildman–Crippen LogP) is 5.47. The number of aromatic nitrogens is 1. The highest BCUT2D eigenvalue weighted by molar-refractivity contribution is 8.01. The Hall–Kier alpha value is -1.82. The molecule has 1 atom stereocenters. The molecule has 2 aromatic carbocycles. The van der Waals surface area contributed by atoms with Crippen LogP contribution < -0.4 is 4.90 Å². The summed E-state index contributed by atoms with van der Waals surface area (Å²) in [6, 6.07) is 17.7. The summed E-state index contributed by atoms with van der Waals surface area (Å²) < 4.78 is 0. The molecule has 132 valence electrons. The lowest BCUT2D eigenvalue weighted by Crippen LogP contribution is -2.27. The van der Waals surface area contributed by atoms with Crippen LogP contribution in [0.25, 0.3) is 0 Å². The number of thiazole rings is 1. The Labute approximate surface area is 166 Å². The van der Waals surface area contributed by atoms with Crippen molar-refractivity contribution in [1.29, 1.82) is 0 Å². The smallest absolute Gasteiger partial charge is 0.238 e. The summed E-state index contributed by atoms with van der Waals surface area (Å²) in [5.74, 6) is 0.655.